The largest absolute Gasteiger partial charge is 0.394 e. The fourth-order valence-corrected chi connectivity index (χ4v) is 3.18. The van der Waals surface area contributed by atoms with Crippen LogP contribution in [0.2, 0.25) is 0 Å². The number of ether oxygens (including phenoxy) is 2. The lowest BCUT2D eigenvalue weighted by molar-refractivity contribution is -0.303. The molecule has 1 amide bonds. The monoisotopic (exact) mass is 429 g/mol. The number of hydrogen-bond donors (Lipinski definition) is 7. The Morgan fingerprint density at radius 1 is 1.13 bits per heavy atom. The van der Waals surface area contributed by atoms with Crippen molar-refractivity contribution in [3.63, 3.8) is 0 Å². The number of nitrogens with one attached hydrogen (secondary N) is 1. The predicted molar refractivity (Wildman–Crippen MR) is 104 cm³/mol. The highest BCUT2D eigenvalue weighted by molar-refractivity contribution is 5.78. The van der Waals surface area contributed by atoms with Gasteiger partial charge < -0.3 is 45.4 Å². The third-order valence-corrected chi connectivity index (χ3v) is 5.07. The van der Waals surface area contributed by atoms with E-state index in [0.29, 0.717) is 0 Å². The highest BCUT2D eigenvalue weighted by Gasteiger charge is 2.44. The maximum Gasteiger partial charge on any atom is 0.224 e. The van der Waals surface area contributed by atoms with Crippen LogP contribution in [-0.2, 0) is 20.7 Å². The molecule has 0 bridgehead atoms. The molecule has 1 heterocycles. The Balaban J connectivity index is 2.03. The fourth-order valence-electron chi connectivity index (χ4n) is 3.18. The second-order valence-electron chi connectivity index (χ2n) is 7.33. The first kappa shape index (κ1) is 24.6. The molecule has 1 aromatic carbocycles. The molecule has 170 valence electrons. The van der Waals surface area contributed by atoms with Crippen LogP contribution in [0.1, 0.15) is 18.9 Å². The van der Waals surface area contributed by atoms with Gasteiger partial charge in [0, 0.05) is 0 Å². The molecule has 0 aromatic heterocycles. The van der Waals surface area contributed by atoms with Crippen LogP contribution in [0.25, 0.3) is 0 Å². The number of amides is 1. The van der Waals surface area contributed by atoms with Crippen molar-refractivity contribution in [1.82, 2.24) is 5.32 Å². The van der Waals surface area contributed by atoms with E-state index < -0.39 is 61.5 Å². The van der Waals surface area contributed by atoms with Crippen molar-refractivity contribution in [2.24, 2.45) is 0 Å². The number of rotatable bonds is 10. The molecule has 10 nitrogen and oxygen atoms in total. The van der Waals surface area contributed by atoms with Crippen LogP contribution < -0.4 is 5.32 Å². The maximum atomic E-state index is 12.4. The first-order valence-electron chi connectivity index (χ1n) is 9.90. The van der Waals surface area contributed by atoms with E-state index >= 15 is 0 Å². The van der Waals surface area contributed by atoms with Gasteiger partial charge in [0.1, 0.15) is 30.5 Å². The maximum absolute atomic E-state index is 12.4. The first-order valence-corrected chi connectivity index (χ1v) is 9.90. The summed E-state index contributed by atoms with van der Waals surface area (Å²) < 4.78 is 10.7. The number of carbonyl (C=O) groups excluding carboxylic acids is 1. The predicted octanol–water partition coefficient (Wildman–Crippen LogP) is -2.34. The van der Waals surface area contributed by atoms with Crippen molar-refractivity contribution in [2.45, 2.75) is 68.7 Å². The van der Waals surface area contributed by atoms with E-state index in [1.807, 2.05) is 6.07 Å². The molecule has 0 radical (unpaired) electrons. The lowest BCUT2D eigenvalue weighted by Crippen LogP contribution is -2.60. The van der Waals surface area contributed by atoms with E-state index in [-0.39, 0.29) is 19.4 Å². The number of hydrogen-bond acceptors (Lipinski definition) is 9. The molecule has 1 fully saturated rings. The van der Waals surface area contributed by atoms with Gasteiger partial charge in [-0.15, -0.1) is 0 Å². The molecule has 0 saturated carbocycles. The van der Waals surface area contributed by atoms with Crippen molar-refractivity contribution in [2.75, 3.05) is 13.2 Å². The summed E-state index contributed by atoms with van der Waals surface area (Å²) in [6, 6.07) is 7.91. The summed E-state index contributed by atoms with van der Waals surface area (Å²) in [5.74, 6) is -0.411. The second kappa shape index (κ2) is 11.7. The normalized spacial score (nSPS) is 29.8. The number of benzene rings is 1. The van der Waals surface area contributed by atoms with Crippen LogP contribution in [0.3, 0.4) is 0 Å². The summed E-state index contributed by atoms with van der Waals surface area (Å²) in [6.45, 7) is 0.690. The third-order valence-electron chi connectivity index (χ3n) is 5.07. The molecular formula is C20H31NO9. The minimum absolute atomic E-state index is 0.0479. The lowest BCUT2D eigenvalue weighted by atomic mass is 9.99. The average Bonchev–Trinajstić information content (AvgIpc) is 2.75. The summed E-state index contributed by atoms with van der Waals surface area (Å²) in [4.78, 5) is 12.4. The zero-order valence-electron chi connectivity index (χ0n) is 16.7. The molecule has 2 unspecified atom stereocenters. The van der Waals surface area contributed by atoms with Crippen molar-refractivity contribution in [3.8, 4) is 0 Å². The average molecular weight is 429 g/mol. The Labute approximate surface area is 174 Å². The van der Waals surface area contributed by atoms with Crippen molar-refractivity contribution >= 4 is 5.91 Å². The Bertz CT molecular complexity index is 644. The summed E-state index contributed by atoms with van der Waals surface area (Å²) >= 11 is 0. The minimum Gasteiger partial charge on any atom is -0.394 e. The van der Waals surface area contributed by atoms with Crippen LogP contribution in [-0.4, -0.2) is 98.7 Å². The SMILES string of the molecule is CC[C@@H](O)[C@@H](O)[C@H](CO[C@H]1OC(CO)[C@@H](O)C(O)[C@@H]1O)NC(=O)Cc1ccccc1. The van der Waals surface area contributed by atoms with Crippen molar-refractivity contribution in [3.05, 3.63) is 35.9 Å². The van der Waals surface area contributed by atoms with Gasteiger partial charge in [0.25, 0.3) is 0 Å². The molecule has 2 rings (SSSR count). The van der Waals surface area contributed by atoms with Crippen LogP contribution in [0.15, 0.2) is 30.3 Å². The van der Waals surface area contributed by atoms with Gasteiger partial charge in [-0.3, -0.25) is 4.79 Å². The van der Waals surface area contributed by atoms with Crippen LogP contribution >= 0.6 is 0 Å². The summed E-state index contributed by atoms with van der Waals surface area (Å²) in [6.07, 6.45) is -9.54. The molecule has 0 spiro atoms. The summed E-state index contributed by atoms with van der Waals surface area (Å²) in [5, 5.41) is 62.0. The molecule has 1 aliphatic heterocycles. The molecule has 10 heteroatoms. The molecule has 1 aliphatic rings. The van der Waals surface area contributed by atoms with Gasteiger partial charge in [-0.2, -0.15) is 0 Å². The van der Waals surface area contributed by atoms with Gasteiger partial charge in [-0.1, -0.05) is 37.3 Å². The highest BCUT2D eigenvalue weighted by Crippen LogP contribution is 2.22. The molecule has 8 atom stereocenters. The van der Waals surface area contributed by atoms with Crippen molar-refractivity contribution < 1.29 is 44.9 Å². The van der Waals surface area contributed by atoms with Gasteiger partial charge in [-0.25, -0.2) is 0 Å². The van der Waals surface area contributed by atoms with Gasteiger partial charge in [0.2, 0.25) is 5.91 Å². The summed E-state index contributed by atoms with van der Waals surface area (Å²) in [7, 11) is 0. The Kier molecular flexibility index (Phi) is 9.59. The number of aliphatic hydroxyl groups is 6. The molecule has 0 aliphatic carbocycles. The Hall–Kier alpha value is -1.63. The van der Waals surface area contributed by atoms with Crippen LogP contribution in [0.4, 0.5) is 0 Å². The van der Waals surface area contributed by atoms with Crippen LogP contribution in [0, 0.1) is 0 Å². The van der Waals surface area contributed by atoms with Gasteiger partial charge in [-0.05, 0) is 12.0 Å². The molecular weight excluding hydrogens is 398 g/mol. The van der Waals surface area contributed by atoms with E-state index in [4.69, 9.17) is 9.47 Å². The quantitative estimate of drug-likeness (QED) is 0.215. The van der Waals surface area contributed by atoms with E-state index in [1.165, 1.54) is 0 Å². The van der Waals surface area contributed by atoms with Crippen molar-refractivity contribution in [1.29, 1.82) is 0 Å². The fraction of sp³-hybridized carbons (Fsp3) is 0.650. The minimum atomic E-state index is -1.61. The van der Waals surface area contributed by atoms with E-state index in [0.717, 1.165) is 5.56 Å². The lowest BCUT2D eigenvalue weighted by Gasteiger charge is -2.40. The second-order valence-corrected chi connectivity index (χ2v) is 7.33. The van der Waals surface area contributed by atoms with E-state index in [2.05, 4.69) is 5.32 Å². The molecule has 1 aromatic rings. The molecule has 7 N–H and O–H groups in total. The van der Waals surface area contributed by atoms with Gasteiger partial charge in [0.15, 0.2) is 6.29 Å². The molecule has 1 saturated heterocycles. The highest BCUT2D eigenvalue weighted by atomic mass is 16.7. The standard InChI is InChI=1S/C20H31NO9/c1-2-13(23)16(25)12(21-15(24)8-11-6-4-3-5-7-11)10-29-20-19(28)18(27)17(26)14(9-22)30-20/h3-7,12-14,16-20,22-23,25-28H,2,8-10H2,1H3,(H,21,24)/t12-,13+,14?,16-,17+,18?,19-,20-/m0/s1. The van der Waals surface area contributed by atoms with E-state index in [1.54, 1.807) is 31.2 Å². The Morgan fingerprint density at radius 3 is 2.40 bits per heavy atom. The Morgan fingerprint density at radius 2 is 1.80 bits per heavy atom. The number of aliphatic hydroxyl groups excluding tert-OH is 6. The van der Waals surface area contributed by atoms with Crippen LogP contribution in [0.5, 0.6) is 0 Å². The topological polar surface area (TPSA) is 169 Å². The zero-order chi connectivity index (χ0) is 22.3. The number of carbonyl (C=O) groups is 1. The van der Waals surface area contributed by atoms with Gasteiger partial charge in [0.05, 0.1) is 31.8 Å². The third kappa shape index (κ3) is 6.43. The summed E-state index contributed by atoms with van der Waals surface area (Å²) in [5.41, 5.74) is 0.758. The van der Waals surface area contributed by atoms with Gasteiger partial charge >= 0.3 is 0 Å². The molecule has 30 heavy (non-hydrogen) atoms. The zero-order valence-corrected chi connectivity index (χ0v) is 16.7. The van der Waals surface area contributed by atoms with E-state index in [9.17, 15) is 35.4 Å². The smallest absolute Gasteiger partial charge is 0.224 e. The first-order chi connectivity index (χ1) is 14.3.